The van der Waals surface area contributed by atoms with E-state index >= 15 is 4.39 Å². The molecule has 5 N–H and O–H groups in total. The van der Waals surface area contributed by atoms with Crippen molar-refractivity contribution in [2.45, 2.75) is 123 Å². The normalized spacial score (nSPS) is 13.9. The average Bonchev–Trinajstić information content (AvgIpc) is 3.68. The summed E-state index contributed by atoms with van der Waals surface area (Å²) >= 11 is 0. The van der Waals surface area contributed by atoms with E-state index in [0.29, 0.717) is 55.5 Å². The summed E-state index contributed by atoms with van der Waals surface area (Å²) in [6, 6.07) is 19.3. The maximum Gasteiger partial charge on any atom is 0.359 e. The van der Waals surface area contributed by atoms with Gasteiger partial charge in [-0.2, -0.15) is 4.57 Å². The molecule has 4 atom stereocenters. The van der Waals surface area contributed by atoms with Crippen LogP contribution >= 0.6 is 0 Å². The number of ether oxygens (including phenoxy) is 3. The first-order valence-electron chi connectivity index (χ1n) is 25.2. The third kappa shape index (κ3) is 18.5. The molecule has 0 radical (unpaired) electrons. The van der Waals surface area contributed by atoms with Crippen LogP contribution in [0.4, 0.5) is 10.2 Å². The Morgan fingerprint density at radius 3 is 1.97 bits per heavy atom. The van der Waals surface area contributed by atoms with Gasteiger partial charge in [0, 0.05) is 38.3 Å². The Labute approximate surface area is 431 Å². The molecule has 5 rings (SSSR count). The van der Waals surface area contributed by atoms with Gasteiger partial charge < -0.3 is 40.3 Å². The summed E-state index contributed by atoms with van der Waals surface area (Å²) in [5, 5.41) is 13.4. The first-order valence-corrected chi connectivity index (χ1v) is 25.2. The van der Waals surface area contributed by atoms with Crippen molar-refractivity contribution in [1.29, 1.82) is 0 Å². The quantitative estimate of drug-likeness (QED) is 0.0197. The van der Waals surface area contributed by atoms with Crippen molar-refractivity contribution in [1.82, 2.24) is 26.3 Å². The Bertz CT molecular complexity index is 2560. The molecule has 0 spiro atoms. The summed E-state index contributed by atoms with van der Waals surface area (Å²) in [4.78, 5) is 108. The van der Waals surface area contributed by atoms with E-state index in [0.717, 1.165) is 16.8 Å². The number of anilines is 1. The van der Waals surface area contributed by atoms with Gasteiger partial charge in [-0.1, -0.05) is 107 Å². The van der Waals surface area contributed by atoms with Gasteiger partial charge in [0.1, 0.15) is 42.0 Å². The molecule has 0 fully saturated rings. The summed E-state index contributed by atoms with van der Waals surface area (Å²) in [5.74, 6) is -4.80. The lowest BCUT2D eigenvalue weighted by molar-refractivity contribution is -0.552. The number of fused-ring (bicyclic) bond motifs is 1. The molecule has 0 saturated carbocycles. The molecule has 3 aromatic carbocycles. The number of carbonyl (C=O) groups is 8. The van der Waals surface area contributed by atoms with E-state index in [-0.39, 0.29) is 69.1 Å². The predicted molar refractivity (Wildman–Crippen MR) is 272 cm³/mol. The number of esters is 2. The van der Waals surface area contributed by atoms with Gasteiger partial charge in [0.25, 0.3) is 0 Å². The van der Waals surface area contributed by atoms with Crippen LogP contribution in [0.25, 0.3) is 11.3 Å². The largest absolute Gasteiger partial charge is 0.491 e. The summed E-state index contributed by atoms with van der Waals surface area (Å²) in [6.45, 7) is 8.94. The Kier molecular flexibility index (Phi) is 22.6. The zero-order valence-corrected chi connectivity index (χ0v) is 42.8. The molecular formula is C55H69FN7O11+. The second-order valence-electron chi connectivity index (χ2n) is 19.1. The fraction of sp³-hybridized carbons (Fsp3) is 0.455. The first kappa shape index (κ1) is 57.3. The second-order valence-corrected chi connectivity index (χ2v) is 19.1. The molecule has 2 heterocycles. The van der Waals surface area contributed by atoms with Crippen LogP contribution in [0.5, 0.6) is 5.75 Å². The van der Waals surface area contributed by atoms with Gasteiger partial charge in [-0.05, 0) is 54.4 Å². The van der Waals surface area contributed by atoms with Crippen LogP contribution in [0.3, 0.4) is 0 Å². The van der Waals surface area contributed by atoms with Crippen LogP contribution in [0.1, 0.15) is 108 Å². The molecule has 396 valence electrons. The number of unbranched alkanes of at least 4 members (excludes halogenated alkanes) is 3. The van der Waals surface area contributed by atoms with Gasteiger partial charge in [-0.25, -0.2) is 14.2 Å². The van der Waals surface area contributed by atoms with Crippen molar-refractivity contribution in [2.24, 2.45) is 11.8 Å². The lowest BCUT2D eigenvalue weighted by atomic mass is 10.1. The summed E-state index contributed by atoms with van der Waals surface area (Å²) in [6.07, 6.45) is 4.07. The van der Waals surface area contributed by atoms with Gasteiger partial charge >= 0.3 is 23.7 Å². The molecule has 4 amide bonds. The number of hydrogen-bond acceptors (Lipinski definition) is 13. The Balaban J connectivity index is 1.12. The maximum absolute atomic E-state index is 15.4. The Hall–Kier alpha value is -7.57. The third-order valence-electron chi connectivity index (χ3n) is 11.6. The van der Waals surface area contributed by atoms with E-state index in [2.05, 4.69) is 26.6 Å². The molecular weight excluding hydrogens is 954 g/mol. The fourth-order valence-electron chi connectivity index (χ4n) is 7.88. The molecule has 1 aliphatic heterocycles. The molecule has 0 saturated heterocycles. The van der Waals surface area contributed by atoms with Crippen molar-refractivity contribution < 1.29 is 61.5 Å². The van der Waals surface area contributed by atoms with E-state index in [4.69, 9.17) is 19.2 Å². The van der Waals surface area contributed by atoms with Crippen molar-refractivity contribution >= 4 is 53.6 Å². The van der Waals surface area contributed by atoms with E-state index in [1.165, 1.54) is 13.0 Å². The van der Waals surface area contributed by atoms with Gasteiger partial charge in [-0.3, -0.25) is 34.1 Å². The first-order chi connectivity index (χ1) is 35.5. The van der Waals surface area contributed by atoms with Crippen LogP contribution in [0.2, 0.25) is 0 Å². The lowest BCUT2D eigenvalue weighted by Crippen LogP contribution is -2.57. The molecule has 0 aliphatic carbocycles. The minimum absolute atomic E-state index is 0.0114. The van der Waals surface area contributed by atoms with E-state index in [9.17, 15) is 38.4 Å². The van der Waals surface area contributed by atoms with Crippen LogP contribution in [0.15, 0.2) is 85.1 Å². The van der Waals surface area contributed by atoms with Crippen molar-refractivity contribution in [3.63, 3.8) is 0 Å². The van der Waals surface area contributed by atoms with E-state index in [1.54, 1.807) is 22.9 Å². The lowest BCUT2D eigenvalue weighted by Gasteiger charge is -2.24. The molecule has 1 aromatic heterocycles. The van der Waals surface area contributed by atoms with Gasteiger partial charge in [-0.15, -0.1) is 0 Å². The molecule has 1 aliphatic rings. The SMILES string of the molecule is CC(=O)N[C@@H](CCC=O)C(=O)N[C@@H](CC(=O)OCC(C)C)C(=O)N[C@@H](CC(=O)OCC(C)C)C(=O)NCCCCCCOc1ccc(CC2Nc3c(Cc4ccccc4)nc(-c4ccccc4)c[n+]3C2=O)cc1F. The third-order valence-corrected chi connectivity index (χ3v) is 11.6. The summed E-state index contributed by atoms with van der Waals surface area (Å²) in [5.41, 5.74) is 3.92. The van der Waals surface area contributed by atoms with Crippen molar-refractivity contribution in [2.75, 3.05) is 31.7 Å². The summed E-state index contributed by atoms with van der Waals surface area (Å²) in [7, 11) is 0. The van der Waals surface area contributed by atoms with Gasteiger partial charge in [0.15, 0.2) is 17.6 Å². The number of nitrogens with zero attached hydrogens (tertiary/aromatic N) is 2. The number of rotatable bonds is 30. The number of benzene rings is 3. The monoisotopic (exact) mass is 1020 g/mol. The highest BCUT2D eigenvalue weighted by molar-refractivity contribution is 5.97. The van der Waals surface area contributed by atoms with Gasteiger partial charge in [0.2, 0.25) is 23.6 Å². The summed E-state index contributed by atoms with van der Waals surface area (Å²) < 4.78 is 33.3. The maximum atomic E-state index is 15.4. The van der Waals surface area contributed by atoms with Crippen LogP contribution in [-0.4, -0.2) is 103 Å². The topological polar surface area (TPSA) is 241 Å². The molecule has 74 heavy (non-hydrogen) atoms. The molecule has 1 unspecified atom stereocenters. The molecule has 19 heteroatoms. The highest BCUT2D eigenvalue weighted by atomic mass is 19.1. The van der Waals surface area contributed by atoms with Crippen LogP contribution in [-0.2, 0) is 55.9 Å². The van der Waals surface area contributed by atoms with Crippen LogP contribution in [0, 0.1) is 17.7 Å². The zero-order chi connectivity index (χ0) is 53.6. The number of aldehydes is 1. The minimum atomic E-state index is -1.59. The molecule has 0 bridgehead atoms. The number of amides is 4. The fourth-order valence-corrected chi connectivity index (χ4v) is 7.88. The average molecular weight is 1020 g/mol. The minimum Gasteiger partial charge on any atom is -0.491 e. The number of hydrogen-bond donors (Lipinski definition) is 5. The zero-order valence-electron chi connectivity index (χ0n) is 42.8. The molecule has 18 nitrogen and oxygen atoms in total. The van der Waals surface area contributed by atoms with E-state index in [1.807, 2.05) is 88.4 Å². The second kappa shape index (κ2) is 29.2. The standard InChI is InChI=1S/C55H68FN7O11/c1-35(2)33-73-49(66)30-44(61-54(70)45(31-50(67)74-34-36(3)4)62-53(69)42(21-16-25-64)58-37(5)65)52(68)57-24-14-6-7-15-26-72-48-23-22-39(27-41(48)56)29-46-55(71)63-32-47(40-19-12-9-13-20-40)59-43(51(63)60-46)28-38-17-10-8-11-18-38/h8-13,17-20,22-23,25,27,32,35-36,42,44-46H,6-7,14-16,21,24,26,28-31,33-34H2,1-5H3,(H4,57,58,61,62,65,68,69,70)/p+1/t42-,44-,45-,46?/m0/s1. The van der Waals surface area contributed by atoms with Crippen LogP contribution < -0.4 is 35.9 Å². The van der Waals surface area contributed by atoms with E-state index < -0.39 is 78.4 Å². The van der Waals surface area contributed by atoms with Crippen molar-refractivity contribution in [3.8, 4) is 17.0 Å². The number of nitrogens with one attached hydrogen (secondary N) is 5. The van der Waals surface area contributed by atoms with Gasteiger partial charge in [0.05, 0.1) is 32.7 Å². The molecule has 4 aromatic rings. The highest BCUT2D eigenvalue weighted by Crippen LogP contribution is 2.26. The van der Waals surface area contributed by atoms with Crippen molar-refractivity contribution in [3.05, 3.63) is 108 Å². The number of halogens is 1. The smallest absolute Gasteiger partial charge is 0.359 e. The highest BCUT2D eigenvalue weighted by Gasteiger charge is 2.41. The number of aromatic nitrogens is 2. The Morgan fingerprint density at radius 2 is 1.36 bits per heavy atom. The predicted octanol–water partition coefficient (Wildman–Crippen LogP) is 5.13. The number of carbonyl (C=O) groups excluding carboxylic acids is 8. The Morgan fingerprint density at radius 1 is 0.757 bits per heavy atom.